The summed E-state index contributed by atoms with van der Waals surface area (Å²) in [5.41, 5.74) is 0.600. The van der Waals surface area contributed by atoms with Gasteiger partial charge in [-0.2, -0.15) is 5.26 Å². The summed E-state index contributed by atoms with van der Waals surface area (Å²) in [5, 5.41) is 21.5. The van der Waals surface area contributed by atoms with E-state index in [-0.39, 0.29) is 0 Å². The topological polar surface area (TPSA) is 50.1 Å². The van der Waals surface area contributed by atoms with E-state index in [0.717, 1.165) is 10.6 Å². The van der Waals surface area contributed by atoms with Gasteiger partial charge in [0.2, 0.25) is 0 Å². The van der Waals surface area contributed by atoms with Crippen LogP contribution in [0, 0.1) is 16.5 Å². The Labute approximate surface area is 89.5 Å². The van der Waals surface area contributed by atoms with E-state index >= 15 is 0 Å². The predicted octanol–water partition coefficient (Wildman–Crippen LogP) is 2.04. The summed E-state index contributed by atoms with van der Waals surface area (Å²) in [5.74, 6) is 0. The van der Waals surface area contributed by atoms with Crippen molar-refractivity contribution in [2.24, 2.45) is 0 Å². The average Bonchev–Trinajstić information content (AvgIpc) is 2.32. The molecule has 1 saturated heterocycles. The van der Waals surface area contributed by atoms with Crippen molar-refractivity contribution in [1.29, 1.82) is 5.26 Å². The first-order chi connectivity index (χ1) is 7.27. The summed E-state index contributed by atoms with van der Waals surface area (Å²) in [6.45, 7) is 0.922. The summed E-state index contributed by atoms with van der Waals surface area (Å²) < 4.78 is 0. The number of nitrogens with zero attached hydrogens (tertiary/aromatic N) is 2. The third kappa shape index (κ3) is 1.87. The Bertz CT molecular complexity index is 361. The molecule has 0 aromatic heterocycles. The van der Waals surface area contributed by atoms with Crippen LogP contribution in [0.3, 0.4) is 0 Å². The zero-order valence-electron chi connectivity index (χ0n) is 8.52. The summed E-state index contributed by atoms with van der Waals surface area (Å²) in [4.78, 5) is 0. The molecule has 0 N–H and O–H groups in total. The molecule has 0 bridgehead atoms. The Morgan fingerprint density at radius 2 is 1.80 bits per heavy atom. The Hall–Kier alpha value is -1.37. The van der Waals surface area contributed by atoms with E-state index in [1.54, 1.807) is 0 Å². The van der Waals surface area contributed by atoms with Crippen molar-refractivity contribution >= 4 is 0 Å². The van der Waals surface area contributed by atoms with Gasteiger partial charge in [0.15, 0.2) is 0 Å². The highest BCUT2D eigenvalue weighted by molar-refractivity contribution is 5.33. The van der Waals surface area contributed by atoms with Crippen molar-refractivity contribution in [3.8, 4) is 6.07 Å². The van der Waals surface area contributed by atoms with Crippen molar-refractivity contribution in [1.82, 2.24) is 5.06 Å². The molecule has 0 unspecified atom stereocenters. The summed E-state index contributed by atoms with van der Waals surface area (Å²) >= 11 is 0. The van der Waals surface area contributed by atoms with Gasteiger partial charge in [-0.05, 0) is 31.5 Å². The number of piperidine rings is 1. The maximum atomic E-state index is 11.1. The number of hydrogen-bond acceptors (Lipinski definition) is 3. The molecule has 3 nitrogen and oxygen atoms in total. The number of nitriles is 1. The number of hydrogen-bond donors (Lipinski definition) is 0. The molecule has 0 amide bonds. The molecular formula is C12H13N2O-. The fourth-order valence-corrected chi connectivity index (χ4v) is 2.09. The van der Waals surface area contributed by atoms with Gasteiger partial charge < -0.3 is 10.3 Å². The second-order valence-corrected chi connectivity index (χ2v) is 3.99. The molecule has 0 radical (unpaired) electrons. The van der Waals surface area contributed by atoms with Gasteiger partial charge in [0.25, 0.3) is 0 Å². The fourth-order valence-electron chi connectivity index (χ4n) is 2.09. The quantitative estimate of drug-likeness (QED) is 0.698. The Morgan fingerprint density at radius 1 is 1.20 bits per heavy atom. The molecule has 1 aliphatic heterocycles. The second-order valence-electron chi connectivity index (χ2n) is 3.99. The van der Waals surface area contributed by atoms with Gasteiger partial charge in [-0.3, -0.25) is 0 Å². The number of hydroxylamine groups is 2. The minimum absolute atomic E-state index is 0.442. The molecule has 1 aliphatic rings. The first-order valence-corrected chi connectivity index (χ1v) is 5.16. The van der Waals surface area contributed by atoms with Crippen LogP contribution < -0.4 is 0 Å². The molecule has 1 aromatic carbocycles. The van der Waals surface area contributed by atoms with Gasteiger partial charge in [-0.25, -0.2) is 0 Å². The van der Waals surface area contributed by atoms with Crippen molar-refractivity contribution in [3.05, 3.63) is 41.1 Å². The van der Waals surface area contributed by atoms with Crippen LogP contribution >= 0.6 is 0 Å². The van der Waals surface area contributed by atoms with E-state index in [0.29, 0.717) is 25.9 Å². The zero-order chi connectivity index (χ0) is 10.7. The van der Waals surface area contributed by atoms with E-state index in [2.05, 4.69) is 6.07 Å². The van der Waals surface area contributed by atoms with E-state index in [4.69, 9.17) is 0 Å². The Balaban J connectivity index is 2.28. The molecule has 15 heavy (non-hydrogen) atoms. The Kier molecular flexibility index (Phi) is 2.72. The molecule has 0 spiro atoms. The van der Waals surface area contributed by atoms with Crippen LogP contribution in [0.4, 0.5) is 0 Å². The smallest absolute Gasteiger partial charge is 0.0846 e. The minimum atomic E-state index is -0.442. The first kappa shape index (κ1) is 10.2. The lowest BCUT2D eigenvalue weighted by Gasteiger charge is -2.41. The van der Waals surface area contributed by atoms with Gasteiger partial charge in [-0.1, -0.05) is 30.3 Å². The van der Waals surface area contributed by atoms with Crippen molar-refractivity contribution in [2.75, 3.05) is 13.1 Å². The van der Waals surface area contributed by atoms with E-state index < -0.39 is 5.41 Å². The summed E-state index contributed by atoms with van der Waals surface area (Å²) in [6, 6.07) is 12.2. The fraction of sp³-hybridized carbons (Fsp3) is 0.417. The summed E-state index contributed by atoms with van der Waals surface area (Å²) in [6.07, 6.45) is 1.27. The monoisotopic (exact) mass is 201 g/mol. The average molecular weight is 201 g/mol. The van der Waals surface area contributed by atoms with Crippen LogP contribution in [0.2, 0.25) is 0 Å². The van der Waals surface area contributed by atoms with Crippen LogP contribution in [-0.2, 0) is 5.41 Å². The van der Waals surface area contributed by atoms with Crippen LogP contribution in [0.15, 0.2) is 30.3 Å². The lowest BCUT2D eigenvalue weighted by atomic mass is 9.74. The highest BCUT2D eigenvalue weighted by Crippen LogP contribution is 2.34. The molecule has 1 fully saturated rings. The largest absolute Gasteiger partial charge is 0.785 e. The second kappa shape index (κ2) is 4.01. The molecule has 0 aliphatic carbocycles. The van der Waals surface area contributed by atoms with E-state index in [1.165, 1.54) is 0 Å². The standard InChI is InChI=1S/C12H13N2O/c13-10-12(6-8-14(15)9-7-12)11-4-2-1-3-5-11/h1-5H,6-9H2/q-1. The molecule has 0 saturated carbocycles. The first-order valence-electron chi connectivity index (χ1n) is 5.16. The zero-order valence-corrected chi connectivity index (χ0v) is 8.52. The van der Waals surface area contributed by atoms with Crippen LogP contribution in [0.25, 0.3) is 0 Å². The lowest BCUT2D eigenvalue weighted by Crippen LogP contribution is -2.39. The van der Waals surface area contributed by atoms with Crippen molar-refractivity contribution < 1.29 is 0 Å². The lowest BCUT2D eigenvalue weighted by molar-refractivity contribution is 0.247. The van der Waals surface area contributed by atoms with Crippen LogP contribution in [0.1, 0.15) is 18.4 Å². The summed E-state index contributed by atoms with van der Waals surface area (Å²) in [7, 11) is 0. The van der Waals surface area contributed by atoms with Crippen LogP contribution in [-0.4, -0.2) is 18.2 Å². The molecule has 0 atom stereocenters. The molecular weight excluding hydrogens is 188 g/mol. The highest BCUT2D eigenvalue weighted by atomic mass is 16.5. The van der Waals surface area contributed by atoms with Gasteiger partial charge in [-0.15, -0.1) is 0 Å². The molecule has 3 heteroatoms. The molecule has 2 rings (SSSR count). The molecule has 78 valence electrons. The van der Waals surface area contributed by atoms with Crippen molar-refractivity contribution in [3.63, 3.8) is 0 Å². The van der Waals surface area contributed by atoms with Gasteiger partial charge in [0.1, 0.15) is 0 Å². The maximum absolute atomic E-state index is 11.1. The van der Waals surface area contributed by atoms with Gasteiger partial charge >= 0.3 is 0 Å². The Morgan fingerprint density at radius 3 is 2.33 bits per heavy atom. The predicted molar refractivity (Wildman–Crippen MR) is 57.9 cm³/mol. The molecule has 1 heterocycles. The highest BCUT2D eigenvalue weighted by Gasteiger charge is 2.34. The molecule has 1 aromatic rings. The minimum Gasteiger partial charge on any atom is -0.785 e. The van der Waals surface area contributed by atoms with E-state index in [1.807, 2.05) is 30.3 Å². The SMILES string of the molecule is N#CC1(c2ccccc2)CCN([O-])CC1. The van der Waals surface area contributed by atoms with Gasteiger partial charge in [0.05, 0.1) is 11.5 Å². The van der Waals surface area contributed by atoms with Crippen molar-refractivity contribution in [2.45, 2.75) is 18.3 Å². The number of benzene rings is 1. The third-order valence-corrected chi connectivity index (χ3v) is 3.12. The third-order valence-electron chi connectivity index (χ3n) is 3.12. The van der Waals surface area contributed by atoms with E-state index in [9.17, 15) is 10.5 Å². The number of rotatable bonds is 1. The van der Waals surface area contributed by atoms with Crippen LogP contribution in [0.5, 0.6) is 0 Å². The maximum Gasteiger partial charge on any atom is 0.0846 e. The van der Waals surface area contributed by atoms with Gasteiger partial charge in [0, 0.05) is 0 Å². The normalized spacial score (nSPS) is 20.8.